The number of benzene rings is 2. The molecule has 2 saturated heterocycles. The highest BCUT2D eigenvalue weighted by molar-refractivity contribution is 5.91. The van der Waals surface area contributed by atoms with Crippen LogP contribution in [-0.2, 0) is 21.5 Å². The summed E-state index contributed by atoms with van der Waals surface area (Å²) in [7, 11) is 3.27. The SMILES string of the molecule is COc1ccc(C2(C(=O)N3CCC(N4C[C@H](O)C[C@H]4C(=O)NCc4cccc(OC)c4)CC3)CC2)cc1. The van der Waals surface area contributed by atoms with E-state index in [-0.39, 0.29) is 23.9 Å². The fraction of sp³-hybridized carbons (Fsp3) is 0.517. The van der Waals surface area contributed by atoms with E-state index in [1.54, 1.807) is 14.2 Å². The fourth-order valence-electron chi connectivity index (χ4n) is 5.95. The summed E-state index contributed by atoms with van der Waals surface area (Å²) in [6.07, 6.45) is 3.28. The van der Waals surface area contributed by atoms with Gasteiger partial charge in [0.1, 0.15) is 11.5 Å². The zero-order valence-electron chi connectivity index (χ0n) is 21.7. The minimum Gasteiger partial charge on any atom is -0.497 e. The van der Waals surface area contributed by atoms with Gasteiger partial charge in [-0.25, -0.2) is 0 Å². The Morgan fingerprint density at radius 2 is 1.73 bits per heavy atom. The number of β-amino-alcohol motifs (C(OH)–C–C–N with tert-alkyl or cyclic N) is 1. The molecule has 2 amide bonds. The molecular weight excluding hydrogens is 470 g/mol. The van der Waals surface area contributed by atoms with Gasteiger partial charge in [-0.05, 0) is 67.5 Å². The monoisotopic (exact) mass is 507 g/mol. The molecular formula is C29H37N3O5. The van der Waals surface area contributed by atoms with E-state index in [9.17, 15) is 14.7 Å². The third kappa shape index (κ3) is 5.31. The van der Waals surface area contributed by atoms with Crippen molar-refractivity contribution in [3.8, 4) is 11.5 Å². The zero-order valence-corrected chi connectivity index (χ0v) is 21.7. The van der Waals surface area contributed by atoms with Gasteiger partial charge in [0.2, 0.25) is 11.8 Å². The van der Waals surface area contributed by atoms with Crippen molar-refractivity contribution < 1.29 is 24.2 Å². The number of hydrogen-bond donors (Lipinski definition) is 2. The van der Waals surface area contributed by atoms with Gasteiger partial charge in [0, 0.05) is 32.2 Å². The molecule has 0 unspecified atom stereocenters. The minimum absolute atomic E-state index is 0.0608. The third-order valence-corrected chi connectivity index (χ3v) is 8.24. The summed E-state index contributed by atoms with van der Waals surface area (Å²) in [5.74, 6) is 1.70. The second kappa shape index (κ2) is 10.7. The molecule has 37 heavy (non-hydrogen) atoms. The smallest absolute Gasteiger partial charge is 0.237 e. The van der Waals surface area contributed by atoms with Gasteiger partial charge in [0.05, 0.1) is 31.8 Å². The normalized spacial score (nSPS) is 23.5. The number of carbonyl (C=O) groups excluding carboxylic acids is 2. The van der Waals surface area contributed by atoms with E-state index >= 15 is 0 Å². The first-order valence-corrected chi connectivity index (χ1v) is 13.2. The Labute approximate surface area is 218 Å². The molecule has 2 atom stereocenters. The highest BCUT2D eigenvalue weighted by Gasteiger charge is 2.53. The molecule has 2 aliphatic heterocycles. The van der Waals surface area contributed by atoms with Gasteiger partial charge in [-0.1, -0.05) is 24.3 Å². The van der Waals surface area contributed by atoms with Crippen molar-refractivity contribution >= 4 is 11.8 Å². The van der Waals surface area contributed by atoms with Gasteiger partial charge in [-0.15, -0.1) is 0 Å². The first-order chi connectivity index (χ1) is 17.9. The lowest BCUT2D eigenvalue weighted by Gasteiger charge is -2.40. The molecule has 2 N–H and O–H groups in total. The number of aliphatic hydroxyl groups is 1. The molecule has 8 nitrogen and oxygen atoms in total. The van der Waals surface area contributed by atoms with E-state index in [1.807, 2.05) is 53.4 Å². The zero-order chi connectivity index (χ0) is 26.0. The lowest BCUT2D eigenvalue weighted by molar-refractivity contribution is -0.136. The van der Waals surface area contributed by atoms with Crippen molar-refractivity contribution in [2.24, 2.45) is 0 Å². The van der Waals surface area contributed by atoms with Crippen molar-refractivity contribution in [2.75, 3.05) is 33.9 Å². The number of likely N-dealkylation sites (tertiary alicyclic amines) is 2. The number of ether oxygens (including phenoxy) is 2. The van der Waals surface area contributed by atoms with Crippen molar-refractivity contribution in [1.82, 2.24) is 15.1 Å². The van der Waals surface area contributed by atoms with Gasteiger partial charge in [0.25, 0.3) is 0 Å². The predicted octanol–water partition coefficient (Wildman–Crippen LogP) is 2.48. The molecule has 198 valence electrons. The number of carbonyl (C=O) groups is 2. The number of amides is 2. The van der Waals surface area contributed by atoms with Crippen LogP contribution in [-0.4, -0.2) is 78.8 Å². The van der Waals surface area contributed by atoms with Crippen molar-refractivity contribution in [3.63, 3.8) is 0 Å². The molecule has 8 heteroatoms. The summed E-state index contributed by atoms with van der Waals surface area (Å²) in [5, 5.41) is 13.5. The van der Waals surface area contributed by atoms with E-state index in [2.05, 4.69) is 10.2 Å². The molecule has 1 saturated carbocycles. The number of hydrogen-bond acceptors (Lipinski definition) is 6. The van der Waals surface area contributed by atoms with E-state index < -0.39 is 11.5 Å². The first kappa shape index (κ1) is 25.5. The van der Waals surface area contributed by atoms with Crippen molar-refractivity contribution in [3.05, 3.63) is 59.7 Å². The summed E-state index contributed by atoms with van der Waals surface area (Å²) in [6, 6.07) is 15.3. The van der Waals surface area contributed by atoms with Crippen LogP contribution in [0.3, 0.4) is 0 Å². The van der Waals surface area contributed by atoms with Crippen LogP contribution < -0.4 is 14.8 Å². The van der Waals surface area contributed by atoms with Gasteiger partial charge in [-0.2, -0.15) is 0 Å². The van der Waals surface area contributed by atoms with Crippen LogP contribution in [0.4, 0.5) is 0 Å². The number of rotatable bonds is 8. The molecule has 5 rings (SSSR count). The van der Waals surface area contributed by atoms with Gasteiger partial charge < -0.3 is 24.8 Å². The average molecular weight is 508 g/mol. The first-order valence-electron chi connectivity index (χ1n) is 13.2. The fourth-order valence-corrected chi connectivity index (χ4v) is 5.95. The minimum atomic E-state index is -0.517. The molecule has 1 aliphatic carbocycles. The summed E-state index contributed by atoms with van der Waals surface area (Å²) in [6.45, 7) is 2.25. The Hall–Kier alpha value is -3.10. The number of aliphatic hydroxyl groups excluding tert-OH is 1. The van der Waals surface area contributed by atoms with Crippen LogP contribution in [0.5, 0.6) is 11.5 Å². The molecule has 0 bridgehead atoms. The molecule has 2 aromatic carbocycles. The second-order valence-corrected chi connectivity index (χ2v) is 10.5. The number of piperidine rings is 1. The van der Waals surface area contributed by atoms with Crippen molar-refractivity contribution in [2.45, 2.75) is 62.3 Å². The molecule has 0 spiro atoms. The van der Waals surface area contributed by atoms with Gasteiger partial charge in [0.15, 0.2) is 0 Å². The lowest BCUT2D eigenvalue weighted by Crippen LogP contribution is -2.53. The molecule has 2 aromatic rings. The topological polar surface area (TPSA) is 91.3 Å². The highest BCUT2D eigenvalue weighted by Crippen LogP contribution is 2.50. The van der Waals surface area contributed by atoms with Crippen LogP contribution in [0.1, 0.15) is 43.2 Å². The third-order valence-electron chi connectivity index (χ3n) is 8.24. The Bertz CT molecular complexity index is 1110. The lowest BCUT2D eigenvalue weighted by atomic mass is 9.92. The number of methoxy groups -OCH3 is 2. The quantitative estimate of drug-likeness (QED) is 0.571. The Morgan fingerprint density at radius 3 is 2.38 bits per heavy atom. The van der Waals surface area contributed by atoms with Gasteiger partial charge >= 0.3 is 0 Å². The predicted molar refractivity (Wildman–Crippen MR) is 139 cm³/mol. The highest BCUT2D eigenvalue weighted by atomic mass is 16.5. The number of nitrogens with one attached hydrogen (secondary N) is 1. The maximum Gasteiger partial charge on any atom is 0.237 e. The number of nitrogens with zero attached hydrogens (tertiary/aromatic N) is 2. The van der Waals surface area contributed by atoms with Crippen molar-refractivity contribution in [1.29, 1.82) is 0 Å². The van der Waals surface area contributed by atoms with Crippen LogP contribution in [0, 0.1) is 0 Å². The summed E-state index contributed by atoms with van der Waals surface area (Å²) >= 11 is 0. The van der Waals surface area contributed by atoms with E-state index in [1.165, 1.54) is 0 Å². The molecule has 3 aliphatic rings. The van der Waals surface area contributed by atoms with E-state index in [0.717, 1.165) is 48.3 Å². The van der Waals surface area contributed by atoms with Crippen LogP contribution in [0.15, 0.2) is 48.5 Å². The Kier molecular flexibility index (Phi) is 7.40. The second-order valence-electron chi connectivity index (χ2n) is 10.5. The standard InChI is InChI=1S/C29H37N3O5/c1-36-24-8-6-21(7-9-24)29(12-13-29)28(35)31-14-10-22(11-15-31)32-19-23(33)17-26(32)27(34)30-18-20-4-3-5-25(16-20)37-2/h3-9,16,22-23,26,33H,10-15,17-19H2,1-2H3,(H,30,34)/t23-,26+/m1/s1. The maximum atomic E-state index is 13.5. The van der Waals surface area contributed by atoms with Crippen LogP contribution >= 0.6 is 0 Å². The van der Waals surface area contributed by atoms with E-state index in [0.29, 0.717) is 32.6 Å². The van der Waals surface area contributed by atoms with Crippen LogP contribution in [0.25, 0.3) is 0 Å². The summed E-state index contributed by atoms with van der Waals surface area (Å²) < 4.78 is 10.5. The van der Waals surface area contributed by atoms with E-state index in [4.69, 9.17) is 9.47 Å². The maximum absolute atomic E-state index is 13.5. The Morgan fingerprint density at radius 1 is 1.03 bits per heavy atom. The average Bonchev–Trinajstić information content (AvgIpc) is 3.66. The summed E-state index contributed by atoms with van der Waals surface area (Å²) in [4.78, 5) is 30.8. The molecule has 3 fully saturated rings. The molecule has 2 heterocycles. The largest absolute Gasteiger partial charge is 0.497 e. The molecule has 0 aromatic heterocycles. The summed E-state index contributed by atoms with van der Waals surface area (Å²) in [5.41, 5.74) is 1.64. The Balaban J connectivity index is 1.17. The molecule has 0 radical (unpaired) electrons. The van der Waals surface area contributed by atoms with Crippen LogP contribution in [0.2, 0.25) is 0 Å². The van der Waals surface area contributed by atoms with Gasteiger partial charge in [-0.3, -0.25) is 14.5 Å².